The summed E-state index contributed by atoms with van der Waals surface area (Å²) in [7, 11) is 1.27. The Kier molecular flexibility index (Phi) is 6.46. The fraction of sp³-hybridized carbons (Fsp3) is 0.350. The summed E-state index contributed by atoms with van der Waals surface area (Å²) in [5.74, 6) is -1.01. The first-order chi connectivity index (χ1) is 12.7. The Hall–Kier alpha value is -2.57. The normalized spacial score (nSPS) is 11.4. The molecular formula is C20H20F4O3. The third kappa shape index (κ3) is 4.78. The maximum absolute atomic E-state index is 14.4. The maximum atomic E-state index is 14.4. The van der Waals surface area contributed by atoms with E-state index >= 15 is 0 Å². The topological polar surface area (TPSA) is 35.5 Å². The Labute approximate surface area is 154 Å². The van der Waals surface area contributed by atoms with Gasteiger partial charge in [0.05, 0.1) is 19.3 Å². The van der Waals surface area contributed by atoms with Crippen molar-refractivity contribution in [1.29, 1.82) is 0 Å². The predicted octanol–water partition coefficient (Wildman–Crippen LogP) is 5.32. The van der Waals surface area contributed by atoms with Crippen LogP contribution in [-0.2, 0) is 22.1 Å². The van der Waals surface area contributed by atoms with Crippen molar-refractivity contribution in [2.24, 2.45) is 0 Å². The molecule has 0 atom stereocenters. The Morgan fingerprint density at radius 2 is 1.89 bits per heavy atom. The number of ether oxygens (including phenoxy) is 2. The molecule has 0 aliphatic rings. The van der Waals surface area contributed by atoms with Gasteiger partial charge in [-0.1, -0.05) is 6.07 Å². The molecule has 0 aliphatic carbocycles. The average molecular weight is 384 g/mol. The molecule has 0 aromatic heterocycles. The van der Waals surface area contributed by atoms with E-state index in [2.05, 4.69) is 0 Å². The summed E-state index contributed by atoms with van der Waals surface area (Å²) in [6.07, 6.45) is -4.64. The number of halogens is 4. The molecule has 0 saturated heterocycles. The lowest BCUT2D eigenvalue weighted by Crippen LogP contribution is -2.09. The molecule has 3 nitrogen and oxygen atoms in total. The van der Waals surface area contributed by atoms with Gasteiger partial charge in [-0.2, -0.15) is 13.2 Å². The monoisotopic (exact) mass is 384 g/mol. The Morgan fingerprint density at radius 3 is 2.48 bits per heavy atom. The van der Waals surface area contributed by atoms with Gasteiger partial charge in [-0.15, -0.1) is 0 Å². The molecule has 0 bridgehead atoms. The van der Waals surface area contributed by atoms with E-state index in [9.17, 15) is 22.4 Å². The fourth-order valence-corrected chi connectivity index (χ4v) is 2.87. The second kappa shape index (κ2) is 8.41. The zero-order valence-corrected chi connectivity index (χ0v) is 15.2. The Balaban J connectivity index is 2.56. The summed E-state index contributed by atoms with van der Waals surface area (Å²) in [4.78, 5) is 11.5. The summed E-state index contributed by atoms with van der Waals surface area (Å²) < 4.78 is 64.8. The molecule has 0 amide bonds. The van der Waals surface area contributed by atoms with Gasteiger partial charge < -0.3 is 9.47 Å². The van der Waals surface area contributed by atoms with E-state index in [1.54, 1.807) is 6.92 Å². The van der Waals surface area contributed by atoms with Crippen molar-refractivity contribution in [2.75, 3.05) is 13.7 Å². The SMILES string of the molecule is CCOC(=O)CCc1cc(-c2c(OC)cccc2C(F)(F)F)cc(C)c1F. The Bertz CT molecular complexity index is 829. The molecule has 0 saturated carbocycles. The lowest BCUT2D eigenvalue weighted by atomic mass is 9.93. The molecule has 0 radical (unpaired) electrons. The van der Waals surface area contributed by atoms with Gasteiger partial charge in [0.25, 0.3) is 0 Å². The van der Waals surface area contributed by atoms with E-state index in [0.29, 0.717) is 0 Å². The second-order valence-electron chi connectivity index (χ2n) is 5.95. The number of aryl methyl sites for hydroxylation is 2. The van der Waals surface area contributed by atoms with E-state index < -0.39 is 23.5 Å². The third-order valence-electron chi connectivity index (χ3n) is 4.07. The molecule has 0 aliphatic heterocycles. The van der Waals surface area contributed by atoms with Crippen molar-refractivity contribution in [2.45, 2.75) is 32.9 Å². The zero-order chi connectivity index (χ0) is 20.2. The largest absolute Gasteiger partial charge is 0.496 e. The van der Waals surface area contributed by atoms with Crippen LogP contribution >= 0.6 is 0 Å². The first kappa shape index (κ1) is 20.7. The van der Waals surface area contributed by atoms with Gasteiger partial charge in [-0.05, 0) is 61.2 Å². The van der Waals surface area contributed by atoms with E-state index in [1.165, 1.54) is 38.3 Å². The van der Waals surface area contributed by atoms with Crippen molar-refractivity contribution in [1.82, 2.24) is 0 Å². The third-order valence-corrected chi connectivity index (χ3v) is 4.07. The molecule has 2 aromatic carbocycles. The molecule has 146 valence electrons. The second-order valence-corrected chi connectivity index (χ2v) is 5.95. The number of alkyl halides is 3. The number of hydrogen-bond acceptors (Lipinski definition) is 3. The first-order valence-corrected chi connectivity index (χ1v) is 8.38. The molecular weight excluding hydrogens is 364 g/mol. The van der Waals surface area contributed by atoms with Crippen LogP contribution in [0.3, 0.4) is 0 Å². The van der Waals surface area contributed by atoms with Crippen LogP contribution in [0.5, 0.6) is 5.75 Å². The van der Waals surface area contributed by atoms with Crippen LogP contribution in [0.4, 0.5) is 17.6 Å². The van der Waals surface area contributed by atoms with Crippen LogP contribution in [0.25, 0.3) is 11.1 Å². The summed E-state index contributed by atoms with van der Waals surface area (Å²) in [6, 6.07) is 6.30. The number of carbonyl (C=O) groups is 1. The quantitative estimate of drug-likeness (QED) is 0.499. The highest BCUT2D eigenvalue weighted by atomic mass is 19.4. The molecule has 0 unspecified atom stereocenters. The van der Waals surface area contributed by atoms with Gasteiger partial charge in [0.15, 0.2) is 0 Å². The van der Waals surface area contributed by atoms with E-state index in [0.717, 1.165) is 6.07 Å². The molecule has 0 N–H and O–H groups in total. The van der Waals surface area contributed by atoms with Crippen LogP contribution in [0.15, 0.2) is 30.3 Å². The number of carbonyl (C=O) groups excluding carboxylic acids is 1. The standard InChI is InChI=1S/C20H20F4O3/c1-4-27-17(25)9-8-13-11-14(10-12(2)19(13)21)18-15(20(22,23)24)6-5-7-16(18)26-3/h5-7,10-11H,4,8-9H2,1-3H3. The van der Waals surface area contributed by atoms with Crippen LogP contribution in [0, 0.1) is 12.7 Å². The van der Waals surface area contributed by atoms with Gasteiger partial charge in [-0.25, -0.2) is 4.39 Å². The predicted molar refractivity (Wildman–Crippen MR) is 93.1 cm³/mol. The van der Waals surface area contributed by atoms with Gasteiger partial charge in [0.1, 0.15) is 11.6 Å². The summed E-state index contributed by atoms with van der Waals surface area (Å²) in [6.45, 7) is 3.33. The van der Waals surface area contributed by atoms with Gasteiger partial charge in [0.2, 0.25) is 0 Å². The minimum absolute atomic E-state index is 0.0237. The molecule has 0 heterocycles. The van der Waals surface area contributed by atoms with Gasteiger partial charge in [0, 0.05) is 12.0 Å². The highest BCUT2D eigenvalue weighted by molar-refractivity contribution is 5.76. The van der Waals surface area contributed by atoms with Crippen LogP contribution < -0.4 is 4.74 Å². The van der Waals surface area contributed by atoms with E-state index in [4.69, 9.17) is 9.47 Å². The van der Waals surface area contributed by atoms with Crippen molar-refractivity contribution >= 4 is 5.97 Å². The van der Waals surface area contributed by atoms with Crippen LogP contribution in [0.2, 0.25) is 0 Å². The zero-order valence-electron chi connectivity index (χ0n) is 15.2. The number of esters is 1. The molecule has 2 aromatic rings. The molecule has 0 spiro atoms. The number of rotatable bonds is 6. The van der Waals surface area contributed by atoms with Crippen LogP contribution in [0.1, 0.15) is 30.0 Å². The Morgan fingerprint density at radius 1 is 1.19 bits per heavy atom. The van der Waals surface area contributed by atoms with Crippen molar-refractivity contribution in [3.63, 3.8) is 0 Å². The fourth-order valence-electron chi connectivity index (χ4n) is 2.87. The molecule has 0 fully saturated rings. The molecule has 7 heteroatoms. The highest BCUT2D eigenvalue weighted by Crippen LogP contribution is 2.42. The maximum Gasteiger partial charge on any atom is 0.417 e. The lowest BCUT2D eigenvalue weighted by molar-refractivity contribution is -0.143. The lowest BCUT2D eigenvalue weighted by Gasteiger charge is -2.18. The summed E-state index contributed by atoms with van der Waals surface area (Å²) in [5.41, 5.74) is -0.516. The average Bonchev–Trinajstić information content (AvgIpc) is 2.61. The van der Waals surface area contributed by atoms with E-state index in [1.807, 2.05) is 0 Å². The molecule has 2 rings (SSSR count). The van der Waals surface area contributed by atoms with Crippen molar-refractivity contribution in [3.05, 3.63) is 52.8 Å². The molecule has 27 heavy (non-hydrogen) atoms. The summed E-state index contributed by atoms with van der Waals surface area (Å²) in [5, 5.41) is 0. The highest BCUT2D eigenvalue weighted by Gasteiger charge is 2.35. The first-order valence-electron chi connectivity index (χ1n) is 8.38. The smallest absolute Gasteiger partial charge is 0.417 e. The number of methoxy groups -OCH3 is 1. The van der Waals surface area contributed by atoms with Gasteiger partial charge in [-0.3, -0.25) is 4.79 Å². The van der Waals surface area contributed by atoms with E-state index in [-0.39, 0.29) is 47.5 Å². The summed E-state index contributed by atoms with van der Waals surface area (Å²) >= 11 is 0. The van der Waals surface area contributed by atoms with Crippen molar-refractivity contribution < 1.29 is 31.8 Å². The van der Waals surface area contributed by atoms with Gasteiger partial charge >= 0.3 is 12.1 Å². The van der Waals surface area contributed by atoms with Crippen molar-refractivity contribution in [3.8, 4) is 16.9 Å². The van der Waals surface area contributed by atoms with Crippen LogP contribution in [-0.4, -0.2) is 19.7 Å². The minimum atomic E-state index is -4.60. The number of hydrogen-bond donors (Lipinski definition) is 0. The minimum Gasteiger partial charge on any atom is -0.496 e. The number of benzene rings is 2.